The minimum absolute atomic E-state index is 0.232. The largest absolute Gasteiger partial charge is 0.324 e. The van der Waals surface area contributed by atoms with Crippen LogP contribution in [0.1, 0.15) is 66.5 Å². The van der Waals surface area contributed by atoms with Crippen molar-refractivity contribution in [3.05, 3.63) is 94.9 Å². The van der Waals surface area contributed by atoms with Crippen molar-refractivity contribution in [1.29, 1.82) is 0 Å². The monoisotopic (exact) mass is 632 g/mol. The minimum Gasteiger partial charge on any atom is -0.324 e. The standard InChI is InChI=1S/C40H40N8/c1-37(2)33-43-29-25-19-17-21-13-9-11-15-23(21)27(25)31(41-29)45-35-39(5,6)40(7,8)36(48-35)46-32-28-24-16-12-10-14-22(24)18-20-26(28)30(42-32)44-34(47-33)38(37,3)4/h9-20,35-36,48H,1-8H3,(H,41,42,43,44,45,46,47). The molecule has 5 aromatic rings. The fourth-order valence-electron chi connectivity index (χ4n) is 7.64. The molecule has 4 aromatic carbocycles. The second-order valence-electron chi connectivity index (χ2n) is 15.9. The molecule has 1 fully saturated rings. The summed E-state index contributed by atoms with van der Waals surface area (Å²) in [5, 5.41) is 10.5. The summed E-state index contributed by atoms with van der Waals surface area (Å²) in [6.07, 6.45) is -0.482. The number of fused-ring (bicyclic) bond motifs is 16. The van der Waals surface area contributed by atoms with Gasteiger partial charge in [0.05, 0.1) is 0 Å². The van der Waals surface area contributed by atoms with E-state index in [4.69, 9.17) is 30.0 Å². The topological polar surface area (TPSA) is 102 Å². The van der Waals surface area contributed by atoms with Gasteiger partial charge >= 0.3 is 0 Å². The van der Waals surface area contributed by atoms with E-state index in [-0.39, 0.29) is 23.2 Å². The number of aliphatic imine (C=N–C) groups is 4. The van der Waals surface area contributed by atoms with E-state index in [1.54, 1.807) is 0 Å². The summed E-state index contributed by atoms with van der Waals surface area (Å²) in [7, 11) is 0. The van der Waals surface area contributed by atoms with Gasteiger partial charge in [-0.15, -0.1) is 0 Å². The van der Waals surface area contributed by atoms with Crippen molar-refractivity contribution in [3.8, 4) is 0 Å². The summed E-state index contributed by atoms with van der Waals surface area (Å²) < 4.78 is 0. The van der Waals surface area contributed by atoms with Crippen LogP contribution in [-0.2, 0) is 0 Å². The highest BCUT2D eigenvalue weighted by molar-refractivity contribution is 6.29. The van der Waals surface area contributed by atoms with Crippen molar-refractivity contribution in [2.75, 3.05) is 0 Å². The number of nitrogens with zero attached hydrogens (tertiary/aromatic N) is 6. The van der Waals surface area contributed by atoms with Gasteiger partial charge in [-0.05, 0) is 33.7 Å². The third-order valence-corrected chi connectivity index (χ3v) is 12.4. The van der Waals surface area contributed by atoms with Crippen molar-refractivity contribution in [2.45, 2.75) is 67.7 Å². The van der Waals surface area contributed by atoms with E-state index in [2.05, 4.69) is 138 Å². The predicted octanol–water partition coefficient (Wildman–Crippen LogP) is 7.10. The quantitative estimate of drug-likeness (QED) is 0.187. The van der Waals surface area contributed by atoms with Crippen LogP contribution in [0.2, 0.25) is 0 Å². The fourth-order valence-corrected chi connectivity index (χ4v) is 7.64. The SMILES string of the molecule is CC1(C)C2=NC3=N/C(=N\C4NC(/N=c5\[nH]c(c6ccc7ccccc7c56)=NC(=N2)C1(C)C)C(C)(C)C4(C)C)c1c3ccc2ccccc12. The van der Waals surface area contributed by atoms with Gasteiger partial charge in [0.1, 0.15) is 35.0 Å². The molecule has 9 rings (SSSR count). The van der Waals surface area contributed by atoms with E-state index >= 15 is 0 Å². The molecule has 48 heavy (non-hydrogen) atoms. The maximum absolute atomic E-state index is 5.49. The zero-order valence-electron chi connectivity index (χ0n) is 28.8. The van der Waals surface area contributed by atoms with Crippen molar-refractivity contribution >= 4 is 55.7 Å². The molecule has 0 radical (unpaired) electrons. The molecular formula is C40H40N8. The molecule has 1 aromatic heterocycles. The summed E-state index contributed by atoms with van der Waals surface area (Å²) in [4.78, 5) is 35.5. The van der Waals surface area contributed by atoms with Crippen LogP contribution in [-0.4, -0.2) is 40.7 Å². The molecule has 1 saturated heterocycles. The van der Waals surface area contributed by atoms with Crippen LogP contribution in [0.3, 0.4) is 0 Å². The lowest BCUT2D eigenvalue weighted by Gasteiger charge is -2.37. The van der Waals surface area contributed by atoms with E-state index in [9.17, 15) is 0 Å². The van der Waals surface area contributed by atoms with Gasteiger partial charge in [0.2, 0.25) is 0 Å². The second-order valence-corrected chi connectivity index (χ2v) is 15.9. The molecule has 8 nitrogen and oxygen atoms in total. The average molecular weight is 633 g/mol. The molecule has 2 atom stereocenters. The second kappa shape index (κ2) is 9.41. The van der Waals surface area contributed by atoms with Crippen LogP contribution in [0.5, 0.6) is 0 Å². The van der Waals surface area contributed by atoms with Gasteiger partial charge in [0.15, 0.2) is 11.7 Å². The minimum atomic E-state index is -0.422. The smallest absolute Gasteiger partial charge is 0.164 e. The Morgan fingerprint density at radius 2 is 1.12 bits per heavy atom. The van der Waals surface area contributed by atoms with E-state index in [0.717, 1.165) is 60.3 Å². The Morgan fingerprint density at radius 1 is 0.521 bits per heavy atom. The summed E-state index contributed by atoms with van der Waals surface area (Å²) in [6, 6.07) is 25.5. The van der Waals surface area contributed by atoms with Gasteiger partial charge in [0, 0.05) is 43.6 Å². The molecule has 4 aliphatic rings. The van der Waals surface area contributed by atoms with Gasteiger partial charge in [-0.2, -0.15) is 0 Å². The molecule has 8 bridgehead atoms. The first kappa shape index (κ1) is 29.3. The summed E-state index contributed by atoms with van der Waals surface area (Å²) in [5.41, 5.74) is 2.18. The number of aromatic nitrogens is 1. The highest BCUT2D eigenvalue weighted by Crippen LogP contribution is 2.51. The van der Waals surface area contributed by atoms with E-state index < -0.39 is 10.8 Å². The van der Waals surface area contributed by atoms with Crippen molar-refractivity contribution in [1.82, 2.24) is 10.3 Å². The number of benzene rings is 4. The van der Waals surface area contributed by atoms with Crippen LogP contribution in [0, 0.1) is 21.7 Å². The van der Waals surface area contributed by atoms with E-state index in [1.807, 2.05) is 0 Å². The van der Waals surface area contributed by atoms with Crippen LogP contribution in [0.15, 0.2) is 103 Å². The number of hydrogen-bond acceptors (Lipinski definition) is 7. The Bertz CT molecular complexity index is 2500. The van der Waals surface area contributed by atoms with Gasteiger partial charge in [-0.25, -0.2) is 30.0 Å². The first-order valence-corrected chi connectivity index (χ1v) is 16.9. The molecule has 4 aliphatic heterocycles. The molecule has 2 N–H and O–H groups in total. The van der Waals surface area contributed by atoms with Crippen LogP contribution >= 0.6 is 0 Å². The Hall–Kier alpha value is -4.82. The third kappa shape index (κ3) is 3.75. The predicted molar refractivity (Wildman–Crippen MR) is 196 cm³/mol. The maximum atomic E-state index is 5.49. The maximum Gasteiger partial charge on any atom is 0.164 e. The molecule has 0 aliphatic carbocycles. The molecule has 2 unspecified atom stereocenters. The number of nitrogens with one attached hydrogen (secondary N) is 2. The van der Waals surface area contributed by atoms with Crippen molar-refractivity contribution < 1.29 is 0 Å². The van der Waals surface area contributed by atoms with Gasteiger partial charge in [-0.3, -0.25) is 5.32 Å². The lowest BCUT2D eigenvalue weighted by Crippen LogP contribution is -2.39. The Labute approximate surface area is 279 Å². The molecular weight excluding hydrogens is 592 g/mol. The lowest BCUT2D eigenvalue weighted by atomic mass is 9.68. The summed E-state index contributed by atoms with van der Waals surface area (Å²) >= 11 is 0. The van der Waals surface area contributed by atoms with Crippen LogP contribution in [0.4, 0.5) is 0 Å². The van der Waals surface area contributed by atoms with Gasteiger partial charge in [-0.1, -0.05) is 116 Å². The lowest BCUT2D eigenvalue weighted by molar-refractivity contribution is 0.126. The highest BCUT2D eigenvalue weighted by Gasteiger charge is 2.55. The number of H-pyrrole nitrogens is 1. The zero-order chi connectivity index (χ0) is 33.4. The Balaban J connectivity index is 1.40. The number of rotatable bonds is 0. The number of amidine groups is 4. The van der Waals surface area contributed by atoms with Gasteiger partial charge in [0.25, 0.3) is 0 Å². The van der Waals surface area contributed by atoms with Crippen LogP contribution in [0.25, 0.3) is 32.3 Å². The number of aromatic amines is 1. The Kier molecular flexibility index (Phi) is 5.75. The van der Waals surface area contributed by atoms with Crippen LogP contribution < -0.4 is 16.3 Å². The molecule has 240 valence electrons. The first-order chi connectivity index (χ1) is 22.8. The fraction of sp³-hybridized carbons (Fsp3) is 0.350. The first-order valence-electron chi connectivity index (χ1n) is 16.9. The molecule has 8 heteroatoms. The molecule has 0 saturated carbocycles. The average Bonchev–Trinajstić information content (AvgIpc) is 3.68. The van der Waals surface area contributed by atoms with Crippen molar-refractivity contribution in [3.63, 3.8) is 0 Å². The van der Waals surface area contributed by atoms with Crippen molar-refractivity contribution in [2.24, 2.45) is 51.6 Å². The number of hydrogen-bond donors (Lipinski definition) is 2. The van der Waals surface area contributed by atoms with E-state index in [0.29, 0.717) is 17.5 Å². The Morgan fingerprint density at radius 3 is 1.85 bits per heavy atom. The van der Waals surface area contributed by atoms with E-state index in [1.165, 1.54) is 0 Å². The third-order valence-electron chi connectivity index (χ3n) is 12.4. The zero-order valence-corrected chi connectivity index (χ0v) is 28.8. The molecule has 0 amide bonds. The summed E-state index contributed by atoms with van der Waals surface area (Å²) in [6.45, 7) is 17.9. The van der Waals surface area contributed by atoms with Gasteiger partial charge < -0.3 is 4.98 Å². The molecule has 0 spiro atoms. The molecule has 5 heterocycles. The highest BCUT2D eigenvalue weighted by atomic mass is 15.3. The normalized spacial score (nSPS) is 26.2. The summed E-state index contributed by atoms with van der Waals surface area (Å²) in [5.74, 6) is 2.77.